The van der Waals surface area contributed by atoms with Gasteiger partial charge in [-0.1, -0.05) is 54.6 Å². The monoisotopic (exact) mass is 432 g/mol. The molecule has 0 saturated heterocycles. The highest BCUT2D eigenvalue weighted by Crippen LogP contribution is 2.26. The van der Waals surface area contributed by atoms with Crippen molar-refractivity contribution in [3.63, 3.8) is 0 Å². The molecule has 0 spiro atoms. The van der Waals surface area contributed by atoms with Crippen LogP contribution in [0, 0.1) is 18.3 Å². The lowest BCUT2D eigenvalue weighted by molar-refractivity contribution is 0.0929. The smallest absolute Gasteiger partial charge is 0.307 e. The Morgan fingerprint density at radius 2 is 1.85 bits per heavy atom. The zero-order chi connectivity index (χ0) is 22.8. The molecule has 0 bridgehead atoms. The Balaban J connectivity index is 1.44. The number of hydrazone groups is 1. The van der Waals surface area contributed by atoms with Crippen molar-refractivity contribution in [2.24, 2.45) is 5.10 Å². The fraction of sp³-hybridized carbons (Fsp3) is 0.0741. The molecule has 0 aliphatic heterocycles. The van der Waals surface area contributed by atoms with Crippen molar-refractivity contribution in [1.82, 2.24) is 9.99 Å². The molecule has 0 unspecified atom stereocenters. The maximum Gasteiger partial charge on any atom is 0.307 e. The molecule has 33 heavy (non-hydrogen) atoms. The zero-order valence-corrected chi connectivity index (χ0v) is 17.9. The van der Waals surface area contributed by atoms with Crippen LogP contribution in [0.25, 0.3) is 21.9 Å². The van der Waals surface area contributed by atoms with Gasteiger partial charge >= 0.3 is 5.91 Å². The first-order valence-corrected chi connectivity index (χ1v) is 10.5. The molecule has 0 fully saturated rings. The van der Waals surface area contributed by atoms with Crippen LogP contribution in [-0.2, 0) is 6.54 Å². The van der Waals surface area contributed by atoms with E-state index in [1.807, 2.05) is 79.7 Å². The fourth-order valence-corrected chi connectivity index (χ4v) is 4.07. The van der Waals surface area contributed by atoms with Crippen LogP contribution in [0.4, 0.5) is 0 Å². The van der Waals surface area contributed by atoms with E-state index in [0.717, 1.165) is 33.1 Å². The Hall–Kier alpha value is -4.63. The summed E-state index contributed by atoms with van der Waals surface area (Å²) in [6.07, 6.45) is 1.66. The molecule has 0 radical (unpaired) electrons. The first kappa shape index (κ1) is 20.3. The number of fused-ring (bicyclic) bond motifs is 2. The Morgan fingerprint density at radius 3 is 2.70 bits per heavy atom. The van der Waals surface area contributed by atoms with Crippen LogP contribution in [0.2, 0.25) is 0 Å². The quantitative estimate of drug-likeness (QED) is 0.299. The normalized spacial score (nSPS) is 11.3. The maximum atomic E-state index is 12.5. The number of benzene rings is 3. The van der Waals surface area contributed by atoms with Crippen LogP contribution in [0.5, 0.6) is 0 Å². The summed E-state index contributed by atoms with van der Waals surface area (Å²) in [5.74, 6) is -0.201. The molecule has 5 aromatic rings. The minimum absolute atomic E-state index is 0.209. The molecule has 1 amide bonds. The average Bonchev–Trinajstić information content (AvgIpc) is 3.40. The van der Waals surface area contributed by atoms with Gasteiger partial charge in [-0.05, 0) is 36.8 Å². The summed E-state index contributed by atoms with van der Waals surface area (Å²) in [5, 5.41) is 15.6. The molecule has 6 heteroatoms. The number of carbonyl (C=O) groups is 1. The third-order valence-corrected chi connectivity index (χ3v) is 5.76. The van der Waals surface area contributed by atoms with Crippen LogP contribution in [-0.4, -0.2) is 16.7 Å². The lowest BCUT2D eigenvalue weighted by Gasteiger charge is -2.10. The van der Waals surface area contributed by atoms with Gasteiger partial charge in [0.15, 0.2) is 5.76 Å². The molecule has 3 aromatic carbocycles. The van der Waals surface area contributed by atoms with E-state index in [-0.39, 0.29) is 5.76 Å². The van der Waals surface area contributed by atoms with E-state index in [1.165, 1.54) is 0 Å². The van der Waals surface area contributed by atoms with E-state index in [2.05, 4.69) is 21.2 Å². The van der Waals surface area contributed by atoms with E-state index < -0.39 is 5.91 Å². The minimum atomic E-state index is -0.410. The molecule has 5 rings (SSSR count). The van der Waals surface area contributed by atoms with Gasteiger partial charge in [-0.3, -0.25) is 4.79 Å². The Kier molecular flexibility index (Phi) is 5.21. The summed E-state index contributed by atoms with van der Waals surface area (Å²) in [7, 11) is 0. The van der Waals surface area contributed by atoms with Crippen molar-refractivity contribution in [2.75, 3.05) is 0 Å². The van der Waals surface area contributed by atoms with Gasteiger partial charge in [0, 0.05) is 34.1 Å². The van der Waals surface area contributed by atoms with E-state index in [0.29, 0.717) is 17.7 Å². The van der Waals surface area contributed by atoms with Gasteiger partial charge in [0.05, 0.1) is 17.8 Å². The standard InChI is InChI=1S/C27H20N4O2/c1-18-23(16-29-30-27(32)26-14-19-8-4-7-13-25(19)33-26)22-11-5-6-12-24(22)31(18)17-21-10-3-2-9-20(21)15-28/h2-14,16H,17H2,1H3,(H,30,32)/b29-16+. The zero-order valence-electron chi connectivity index (χ0n) is 17.9. The fourth-order valence-electron chi connectivity index (χ4n) is 4.07. The van der Waals surface area contributed by atoms with Gasteiger partial charge in [0.25, 0.3) is 0 Å². The molecule has 0 saturated carbocycles. The summed E-state index contributed by atoms with van der Waals surface area (Å²) in [6, 6.07) is 27.0. The number of hydrogen-bond acceptors (Lipinski definition) is 4. The SMILES string of the molecule is Cc1c(/C=N/NC(=O)c2cc3ccccc3o2)c2ccccc2n1Cc1ccccc1C#N. The average molecular weight is 432 g/mol. The molecule has 2 heterocycles. The van der Waals surface area contributed by atoms with Crippen LogP contribution in [0.3, 0.4) is 0 Å². The second kappa shape index (κ2) is 8.48. The second-order valence-corrected chi connectivity index (χ2v) is 7.72. The molecular formula is C27H20N4O2. The molecular weight excluding hydrogens is 412 g/mol. The van der Waals surface area contributed by atoms with Gasteiger partial charge in [-0.15, -0.1) is 0 Å². The van der Waals surface area contributed by atoms with Crippen LogP contribution >= 0.6 is 0 Å². The predicted octanol–water partition coefficient (Wildman–Crippen LogP) is 5.38. The van der Waals surface area contributed by atoms with E-state index in [9.17, 15) is 10.1 Å². The number of rotatable bonds is 5. The van der Waals surface area contributed by atoms with Crippen LogP contribution in [0.1, 0.15) is 32.9 Å². The minimum Gasteiger partial charge on any atom is -0.451 e. The molecule has 6 nitrogen and oxygen atoms in total. The Labute approximate surface area is 190 Å². The highest BCUT2D eigenvalue weighted by atomic mass is 16.3. The van der Waals surface area contributed by atoms with Crippen molar-refractivity contribution >= 4 is 34.0 Å². The first-order valence-electron chi connectivity index (χ1n) is 10.5. The lowest BCUT2D eigenvalue weighted by atomic mass is 10.1. The van der Waals surface area contributed by atoms with E-state index >= 15 is 0 Å². The molecule has 1 N–H and O–H groups in total. The van der Waals surface area contributed by atoms with Crippen molar-refractivity contribution in [3.8, 4) is 6.07 Å². The molecule has 0 aliphatic carbocycles. The van der Waals surface area contributed by atoms with E-state index in [1.54, 1.807) is 12.3 Å². The van der Waals surface area contributed by atoms with Crippen molar-refractivity contribution in [2.45, 2.75) is 13.5 Å². The van der Waals surface area contributed by atoms with Gasteiger partial charge in [0.1, 0.15) is 5.58 Å². The van der Waals surface area contributed by atoms with Gasteiger partial charge in [0.2, 0.25) is 0 Å². The van der Waals surface area contributed by atoms with Crippen LogP contribution < -0.4 is 5.43 Å². The Bertz CT molecular complexity index is 1530. The van der Waals surface area contributed by atoms with Gasteiger partial charge in [-0.25, -0.2) is 5.43 Å². The summed E-state index contributed by atoms with van der Waals surface area (Å²) in [4.78, 5) is 12.5. The molecule has 160 valence electrons. The Morgan fingerprint density at radius 1 is 1.09 bits per heavy atom. The highest BCUT2D eigenvalue weighted by Gasteiger charge is 2.15. The number of nitrogens with one attached hydrogen (secondary N) is 1. The van der Waals surface area contributed by atoms with Crippen molar-refractivity contribution in [1.29, 1.82) is 5.26 Å². The number of hydrogen-bond donors (Lipinski definition) is 1. The number of amides is 1. The third-order valence-electron chi connectivity index (χ3n) is 5.76. The van der Waals surface area contributed by atoms with Gasteiger partial charge in [-0.2, -0.15) is 10.4 Å². The number of para-hydroxylation sites is 2. The summed E-state index contributed by atoms with van der Waals surface area (Å²) in [6.45, 7) is 2.58. The summed E-state index contributed by atoms with van der Waals surface area (Å²) >= 11 is 0. The number of nitriles is 1. The highest BCUT2D eigenvalue weighted by molar-refractivity contribution is 6.02. The maximum absolute atomic E-state index is 12.5. The number of furan rings is 1. The van der Waals surface area contributed by atoms with Gasteiger partial charge < -0.3 is 8.98 Å². The molecule has 0 aliphatic rings. The predicted molar refractivity (Wildman–Crippen MR) is 128 cm³/mol. The lowest BCUT2D eigenvalue weighted by Crippen LogP contribution is -2.16. The first-order chi connectivity index (χ1) is 16.2. The van der Waals surface area contributed by atoms with Crippen LogP contribution in [0.15, 0.2) is 88.4 Å². The second-order valence-electron chi connectivity index (χ2n) is 7.72. The number of nitrogens with zero attached hydrogens (tertiary/aromatic N) is 3. The van der Waals surface area contributed by atoms with Crippen molar-refractivity contribution in [3.05, 3.63) is 107 Å². The topological polar surface area (TPSA) is 83.3 Å². The van der Waals surface area contributed by atoms with E-state index in [4.69, 9.17) is 4.42 Å². The number of aromatic nitrogens is 1. The molecule has 0 atom stereocenters. The number of carbonyl (C=O) groups excluding carboxylic acids is 1. The molecule has 2 aromatic heterocycles. The summed E-state index contributed by atoms with van der Waals surface area (Å²) in [5.41, 5.74) is 7.76. The van der Waals surface area contributed by atoms with Crippen molar-refractivity contribution < 1.29 is 9.21 Å². The third kappa shape index (κ3) is 3.77. The summed E-state index contributed by atoms with van der Waals surface area (Å²) < 4.78 is 7.76. The largest absolute Gasteiger partial charge is 0.451 e.